The summed E-state index contributed by atoms with van der Waals surface area (Å²) in [6.07, 6.45) is 5.34. The van der Waals surface area contributed by atoms with E-state index in [1.54, 1.807) is 24.3 Å². The van der Waals surface area contributed by atoms with Gasteiger partial charge in [-0.2, -0.15) is 0 Å². The summed E-state index contributed by atoms with van der Waals surface area (Å²) in [5, 5.41) is 5.79. The predicted octanol–water partition coefficient (Wildman–Crippen LogP) is 4.05. The summed E-state index contributed by atoms with van der Waals surface area (Å²) in [6.45, 7) is 3.99. The molecule has 0 aromatic heterocycles. The quantitative estimate of drug-likeness (QED) is 0.774. The summed E-state index contributed by atoms with van der Waals surface area (Å²) < 4.78 is 0. The number of rotatable bonds is 6. The van der Waals surface area contributed by atoms with Crippen LogP contribution in [0.15, 0.2) is 67.3 Å². The number of amides is 2. The second-order valence-corrected chi connectivity index (χ2v) is 6.65. The molecule has 26 heavy (non-hydrogen) atoms. The molecule has 4 nitrogen and oxygen atoms in total. The molecule has 0 atom stereocenters. The molecular weight excluding hydrogens is 324 g/mol. The number of nitrogens with one attached hydrogen (secondary N) is 2. The summed E-state index contributed by atoms with van der Waals surface area (Å²) in [7, 11) is 0. The molecule has 0 bridgehead atoms. The van der Waals surface area contributed by atoms with Crippen molar-refractivity contribution in [2.75, 3.05) is 11.9 Å². The Morgan fingerprint density at radius 3 is 2.35 bits per heavy atom. The van der Waals surface area contributed by atoms with E-state index in [2.05, 4.69) is 17.2 Å². The molecule has 0 saturated heterocycles. The number of anilines is 1. The highest BCUT2D eigenvalue weighted by molar-refractivity contribution is 6.06. The van der Waals surface area contributed by atoms with Crippen molar-refractivity contribution in [1.29, 1.82) is 0 Å². The van der Waals surface area contributed by atoms with Crippen molar-refractivity contribution in [2.45, 2.75) is 31.1 Å². The van der Waals surface area contributed by atoms with Crippen molar-refractivity contribution in [2.24, 2.45) is 0 Å². The number of para-hydroxylation sites is 1. The van der Waals surface area contributed by atoms with Crippen LogP contribution in [0.25, 0.3) is 0 Å². The first-order valence-corrected chi connectivity index (χ1v) is 9.02. The summed E-state index contributed by atoms with van der Waals surface area (Å²) in [6, 6.07) is 17.1. The molecule has 1 aliphatic rings. The monoisotopic (exact) mass is 348 g/mol. The minimum Gasteiger partial charge on any atom is -0.349 e. The highest BCUT2D eigenvalue weighted by Gasteiger charge is 2.42. The predicted molar refractivity (Wildman–Crippen MR) is 104 cm³/mol. The third kappa shape index (κ3) is 3.54. The van der Waals surface area contributed by atoms with E-state index in [-0.39, 0.29) is 11.8 Å². The van der Waals surface area contributed by atoms with E-state index >= 15 is 0 Å². The molecule has 1 fully saturated rings. The van der Waals surface area contributed by atoms with Crippen LogP contribution in [-0.4, -0.2) is 18.4 Å². The zero-order valence-electron chi connectivity index (χ0n) is 14.8. The normalized spacial score (nSPS) is 15.2. The molecule has 3 rings (SSSR count). The van der Waals surface area contributed by atoms with Crippen LogP contribution in [0.2, 0.25) is 0 Å². The Labute approximate surface area is 154 Å². The van der Waals surface area contributed by atoms with Crippen LogP contribution in [-0.2, 0) is 10.2 Å². The van der Waals surface area contributed by atoms with Gasteiger partial charge in [-0.3, -0.25) is 9.59 Å². The van der Waals surface area contributed by atoms with Crippen LogP contribution in [0.5, 0.6) is 0 Å². The third-order valence-corrected chi connectivity index (χ3v) is 5.04. The number of benzene rings is 2. The first-order valence-electron chi connectivity index (χ1n) is 9.02. The summed E-state index contributed by atoms with van der Waals surface area (Å²) >= 11 is 0. The van der Waals surface area contributed by atoms with Crippen LogP contribution >= 0.6 is 0 Å². The minimum absolute atomic E-state index is 0.0369. The maximum Gasteiger partial charge on any atom is 0.253 e. The van der Waals surface area contributed by atoms with Crippen LogP contribution in [0.3, 0.4) is 0 Å². The van der Waals surface area contributed by atoms with Crippen molar-refractivity contribution < 1.29 is 9.59 Å². The van der Waals surface area contributed by atoms with E-state index in [9.17, 15) is 9.59 Å². The smallest absolute Gasteiger partial charge is 0.253 e. The maximum atomic E-state index is 13.3. The van der Waals surface area contributed by atoms with Gasteiger partial charge >= 0.3 is 0 Å². The average molecular weight is 348 g/mol. The van der Waals surface area contributed by atoms with Gasteiger partial charge in [-0.05, 0) is 30.5 Å². The summed E-state index contributed by atoms with van der Waals surface area (Å²) in [4.78, 5) is 25.6. The van der Waals surface area contributed by atoms with Crippen molar-refractivity contribution in [3.8, 4) is 0 Å². The van der Waals surface area contributed by atoms with Crippen LogP contribution in [0.4, 0.5) is 5.69 Å². The summed E-state index contributed by atoms with van der Waals surface area (Å²) in [5.41, 5.74) is 1.53. The van der Waals surface area contributed by atoms with E-state index in [4.69, 9.17) is 0 Å². The molecule has 2 N–H and O–H groups in total. The van der Waals surface area contributed by atoms with Gasteiger partial charge in [0, 0.05) is 6.54 Å². The Balaban J connectivity index is 1.87. The van der Waals surface area contributed by atoms with E-state index in [0.717, 1.165) is 31.2 Å². The molecule has 0 aliphatic heterocycles. The highest BCUT2D eigenvalue weighted by atomic mass is 16.2. The van der Waals surface area contributed by atoms with Gasteiger partial charge in [-0.1, -0.05) is 61.4 Å². The first-order chi connectivity index (χ1) is 12.7. The molecule has 4 heteroatoms. The molecular formula is C22H24N2O2. The van der Waals surface area contributed by atoms with Crippen LogP contribution in [0, 0.1) is 0 Å². The lowest BCUT2D eigenvalue weighted by Gasteiger charge is -2.28. The fourth-order valence-corrected chi connectivity index (χ4v) is 3.67. The lowest BCUT2D eigenvalue weighted by Crippen LogP contribution is -2.38. The topological polar surface area (TPSA) is 58.2 Å². The number of hydrogen-bond acceptors (Lipinski definition) is 2. The Hall–Kier alpha value is -2.88. The van der Waals surface area contributed by atoms with Gasteiger partial charge in [0.05, 0.1) is 16.7 Å². The van der Waals surface area contributed by atoms with Gasteiger partial charge < -0.3 is 10.6 Å². The van der Waals surface area contributed by atoms with E-state index in [1.165, 1.54) is 0 Å². The van der Waals surface area contributed by atoms with E-state index in [0.29, 0.717) is 17.8 Å². The van der Waals surface area contributed by atoms with Gasteiger partial charge in [-0.25, -0.2) is 0 Å². The highest BCUT2D eigenvalue weighted by Crippen LogP contribution is 2.42. The Bertz CT molecular complexity index is 793. The second-order valence-electron chi connectivity index (χ2n) is 6.65. The second kappa shape index (κ2) is 8.00. The van der Waals surface area contributed by atoms with Gasteiger partial charge in [0.25, 0.3) is 5.91 Å². The zero-order chi connectivity index (χ0) is 18.4. The van der Waals surface area contributed by atoms with Gasteiger partial charge in [-0.15, -0.1) is 6.58 Å². The largest absolute Gasteiger partial charge is 0.349 e. The van der Waals surface area contributed by atoms with Crippen LogP contribution in [0.1, 0.15) is 41.6 Å². The number of hydrogen-bond donors (Lipinski definition) is 2. The lowest BCUT2D eigenvalue weighted by molar-refractivity contribution is -0.121. The number of carbonyl (C=O) groups excluding carboxylic acids is 2. The van der Waals surface area contributed by atoms with Crippen molar-refractivity contribution in [3.05, 3.63) is 78.4 Å². The molecule has 2 aromatic carbocycles. The maximum absolute atomic E-state index is 13.3. The first kappa shape index (κ1) is 17.9. The summed E-state index contributed by atoms with van der Waals surface area (Å²) in [5.74, 6) is -0.258. The molecule has 2 amide bonds. The number of carbonyl (C=O) groups is 2. The molecule has 0 spiro atoms. The Morgan fingerprint density at radius 1 is 1.00 bits per heavy atom. The molecule has 0 heterocycles. The standard InChI is InChI=1S/C22H24N2O2/c1-2-16-23-20(25)18-12-6-7-13-19(18)24-21(26)22(14-8-9-15-22)17-10-4-3-5-11-17/h2-7,10-13H,1,8-9,14-16H2,(H,23,25)(H,24,26). The van der Waals surface area contributed by atoms with Crippen molar-refractivity contribution in [3.63, 3.8) is 0 Å². The average Bonchev–Trinajstić information content (AvgIpc) is 3.18. The Kier molecular flexibility index (Phi) is 5.52. The lowest BCUT2D eigenvalue weighted by atomic mass is 9.78. The SMILES string of the molecule is C=CCNC(=O)c1ccccc1NC(=O)C1(c2ccccc2)CCCC1. The molecule has 1 aliphatic carbocycles. The van der Waals surface area contributed by atoms with E-state index < -0.39 is 5.41 Å². The van der Waals surface area contributed by atoms with Gasteiger partial charge in [0.1, 0.15) is 0 Å². The molecule has 0 unspecified atom stereocenters. The van der Waals surface area contributed by atoms with E-state index in [1.807, 2.05) is 36.4 Å². The molecule has 1 saturated carbocycles. The van der Waals surface area contributed by atoms with Crippen molar-refractivity contribution in [1.82, 2.24) is 5.32 Å². The van der Waals surface area contributed by atoms with Gasteiger partial charge in [0.15, 0.2) is 0 Å². The Morgan fingerprint density at radius 2 is 1.65 bits per heavy atom. The van der Waals surface area contributed by atoms with Crippen LogP contribution < -0.4 is 10.6 Å². The third-order valence-electron chi connectivity index (χ3n) is 5.04. The fraction of sp³-hybridized carbons (Fsp3) is 0.273. The molecule has 0 radical (unpaired) electrons. The minimum atomic E-state index is -0.522. The fourth-order valence-electron chi connectivity index (χ4n) is 3.67. The molecule has 2 aromatic rings. The van der Waals surface area contributed by atoms with Crippen molar-refractivity contribution >= 4 is 17.5 Å². The van der Waals surface area contributed by atoms with Gasteiger partial charge in [0.2, 0.25) is 5.91 Å². The zero-order valence-corrected chi connectivity index (χ0v) is 14.8. The molecule has 134 valence electrons.